The monoisotopic (exact) mass is 435 g/mol. The summed E-state index contributed by atoms with van der Waals surface area (Å²) in [5.41, 5.74) is 2.03. The van der Waals surface area contributed by atoms with E-state index in [2.05, 4.69) is 37.1 Å². The van der Waals surface area contributed by atoms with E-state index < -0.39 is 0 Å². The fourth-order valence-corrected chi connectivity index (χ4v) is 5.21. The first-order valence-corrected chi connectivity index (χ1v) is 11.9. The summed E-state index contributed by atoms with van der Waals surface area (Å²) in [5, 5.41) is 3.54. The molecule has 2 aromatic rings. The highest BCUT2D eigenvalue weighted by Crippen LogP contribution is 2.33. The van der Waals surface area contributed by atoms with Gasteiger partial charge in [-0.05, 0) is 18.9 Å². The van der Waals surface area contributed by atoms with Gasteiger partial charge in [0.25, 0.3) is 0 Å². The van der Waals surface area contributed by atoms with E-state index in [0.29, 0.717) is 31.1 Å². The maximum absolute atomic E-state index is 12.4. The third kappa shape index (κ3) is 4.95. The number of hydrogen-bond acceptors (Lipinski definition) is 7. The molecule has 1 aromatic heterocycles. The molecule has 4 heterocycles. The molecule has 3 aliphatic rings. The molecule has 0 aliphatic carbocycles. The highest BCUT2D eigenvalue weighted by Gasteiger charge is 2.36. The number of anilines is 1. The Kier molecular flexibility index (Phi) is 6.67. The summed E-state index contributed by atoms with van der Waals surface area (Å²) in [4.78, 5) is 24.1. The van der Waals surface area contributed by atoms with E-state index in [4.69, 9.17) is 4.74 Å². The van der Waals surface area contributed by atoms with E-state index in [0.717, 1.165) is 51.4 Å². The van der Waals surface area contributed by atoms with E-state index in [1.807, 2.05) is 36.5 Å². The normalized spacial score (nSPS) is 23.9. The highest BCUT2D eigenvalue weighted by molar-refractivity contribution is 5.97. The number of aromatic nitrogens is 1. The molecule has 5 rings (SSSR count). The van der Waals surface area contributed by atoms with Gasteiger partial charge in [-0.15, -0.1) is 0 Å². The van der Waals surface area contributed by atoms with Gasteiger partial charge >= 0.3 is 0 Å². The minimum absolute atomic E-state index is 0.200. The van der Waals surface area contributed by atoms with Crippen molar-refractivity contribution in [1.82, 2.24) is 20.1 Å². The average Bonchev–Trinajstić information content (AvgIpc) is 3.09. The standard InChI is InChI=1S/C25H33N5O2/c31-24(20-4-2-1-3-5-20)19-29-12-10-28(11-13-29)14-15-32-25-16-21(8-9-27-25)30-22-6-7-23(30)18-26-17-22/h1-5,8-9,16,22-23,26H,6-7,10-15,17-19H2. The molecule has 32 heavy (non-hydrogen) atoms. The van der Waals surface area contributed by atoms with Crippen molar-refractivity contribution in [2.24, 2.45) is 0 Å². The largest absolute Gasteiger partial charge is 0.476 e. The van der Waals surface area contributed by atoms with Crippen molar-refractivity contribution < 1.29 is 9.53 Å². The number of rotatable bonds is 8. The lowest BCUT2D eigenvalue weighted by atomic mass is 10.1. The molecule has 2 bridgehead atoms. The Morgan fingerprint density at radius 1 is 1.00 bits per heavy atom. The Bertz CT molecular complexity index is 884. The van der Waals surface area contributed by atoms with Crippen LogP contribution < -0.4 is 15.0 Å². The minimum atomic E-state index is 0.200. The van der Waals surface area contributed by atoms with E-state index in [-0.39, 0.29) is 5.78 Å². The van der Waals surface area contributed by atoms with E-state index in [1.165, 1.54) is 18.5 Å². The second kappa shape index (κ2) is 9.98. The number of carbonyl (C=O) groups excluding carboxylic acids is 1. The summed E-state index contributed by atoms with van der Waals surface area (Å²) in [6.45, 7) is 7.90. The van der Waals surface area contributed by atoms with Gasteiger partial charge in [0.1, 0.15) is 6.61 Å². The summed E-state index contributed by atoms with van der Waals surface area (Å²) < 4.78 is 6.02. The SMILES string of the molecule is O=C(CN1CCN(CCOc2cc(N3C4CCC3CNC4)ccn2)CC1)c1ccccc1. The zero-order chi connectivity index (χ0) is 21.8. The first-order chi connectivity index (χ1) is 15.8. The van der Waals surface area contributed by atoms with Crippen molar-refractivity contribution in [1.29, 1.82) is 0 Å². The van der Waals surface area contributed by atoms with Gasteiger partial charge in [0.2, 0.25) is 5.88 Å². The molecule has 0 radical (unpaired) electrons. The smallest absolute Gasteiger partial charge is 0.215 e. The predicted octanol–water partition coefficient (Wildman–Crippen LogP) is 1.90. The number of carbonyl (C=O) groups is 1. The lowest BCUT2D eigenvalue weighted by molar-refractivity contribution is 0.0829. The fraction of sp³-hybridized carbons (Fsp3) is 0.520. The van der Waals surface area contributed by atoms with E-state index >= 15 is 0 Å². The number of nitrogens with one attached hydrogen (secondary N) is 1. The first kappa shape index (κ1) is 21.4. The van der Waals surface area contributed by atoms with Crippen LogP contribution in [0.2, 0.25) is 0 Å². The summed E-state index contributed by atoms with van der Waals surface area (Å²) in [6.07, 6.45) is 4.40. The number of pyridine rings is 1. The molecule has 3 fully saturated rings. The van der Waals surface area contributed by atoms with Crippen molar-refractivity contribution in [2.45, 2.75) is 24.9 Å². The van der Waals surface area contributed by atoms with Crippen LogP contribution in [0, 0.1) is 0 Å². The number of ketones is 1. The third-order valence-corrected chi connectivity index (χ3v) is 6.98. The zero-order valence-corrected chi connectivity index (χ0v) is 18.7. The van der Waals surface area contributed by atoms with Gasteiger partial charge in [0.15, 0.2) is 5.78 Å². The van der Waals surface area contributed by atoms with Gasteiger partial charge in [0, 0.05) is 81.4 Å². The van der Waals surface area contributed by atoms with Crippen LogP contribution in [0.15, 0.2) is 48.7 Å². The van der Waals surface area contributed by atoms with Crippen LogP contribution in [0.25, 0.3) is 0 Å². The average molecular weight is 436 g/mol. The van der Waals surface area contributed by atoms with Crippen molar-refractivity contribution in [2.75, 3.05) is 63.9 Å². The van der Waals surface area contributed by atoms with Crippen LogP contribution in [-0.2, 0) is 0 Å². The number of benzene rings is 1. The van der Waals surface area contributed by atoms with Gasteiger partial charge in [-0.1, -0.05) is 30.3 Å². The Balaban J connectivity index is 1.05. The molecule has 0 spiro atoms. The molecule has 1 aromatic carbocycles. The molecule has 2 atom stereocenters. The number of nitrogens with zero attached hydrogens (tertiary/aromatic N) is 4. The summed E-state index contributed by atoms with van der Waals surface area (Å²) in [6, 6.07) is 15.0. The molecule has 7 heteroatoms. The molecular formula is C25H33N5O2. The van der Waals surface area contributed by atoms with Crippen molar-refractivity contribution >= 4 is 11.5 Å². The molecule has 3 aliphatic heterocycles. The third-order valence-electron chi connectivity index (χ3n) is 6.98. The van der Waals surface area contributed by atoms with Crippen LogP contribution in [0.5, 0.6) is 5.88 Å². The predicted molar refractivity (Wildman–Crippen MR) is 126 cm³/mol. The summed E-state index contributed by atoms with van der Waals surface area (Å²) >= 11 is 0. The molecule has 0 saturated carbocycles. The van der Waals surface area contributed by atoms with Crippen LogP contribution >= 0.6 is 0 Å². The van der Waals surface area contributed by atoms with E-state index in [1.54, 1.807) is 0 Å². The first-order valence-electron chi connectivity index (χ1n) is 11.9. The fourth-order valence-electron chi connectivity index (χ4n) is 5.21. The summed E-state index contributed by atoms with van der Waals surface area (Å²) in [5.74, 6) is 0.916. The topological polar surface area (TPSA) is 60.9 Å². The van der Waals surface area contributed by atoms with Gasteiger partial charge < -0.3 is 15.0 Å². The summed E-state index contributed by atoms with van der Waals surface area (Å²) in [7, 11) is 0. The van der Waals surface area contributed by atoms with Gasteiger partial charge in [0.05, 0.1) is 6.54 Å². The van der Waals surface area contributed by atoms with Crippen molar-refractivity contribution in [3.63, 3.8) is 0 Å². The van der Waals surface area contributed by atoms with Crippen molar-refractivity contribution in [3.05, 3.63) is 54.2 Å². The second-order valence-corrected chi connectivity index (χ2v) is 9.06. The van der Waals surface area contributed by atoms with Gasteiger partial charge in [-0.25, -0.2) is 4.98 Å². The molecule has 170 valence electrons. The second-order valence-electron chi connectivity index (χ2n) is 9.06. The van der Waals surface area contributed by atoms with Gasteiger partial charge in [-0.2, -0.15) is 0 Å². The zero-order valence-electron chi connectivity index (χ0n) is 18.7. The quantitative estimate of drug-likeness (QED) is 0.636. The van der Waals surface area contributed by atoms with Crippen molar-refractivity contribution in [3.8, 4) is 5.88 Å². The number of ether oxygens (including phenoxy) is 1. The van der Waals surface area contributed by atoms with Crippen LogP contribution in [0.4, 0.5) is 5.69 Å². The van der Waals surface area contributed by atoms with E-state index in [9.17, 15) is 4.79 Å². The highest BCUT2D eigenvalue weighted by atomic mass is 16.5. The number of hydrogen-bond donors (Lipinski definition) is 1. The molecule has 1 N–H and O–H groups in total. The maximum atomic E-state index is 12.4. The Labute approximate surface area is 190 Å². The lowest BCUT2D eigenvalue weighted by Gasteiger charge is -2.37. The Hall–Kier alpha value is -2.48. The number of fused-ring (bicyclic) bond motifs is 2. The van der Waals surface area contributed by atoms with Crippen LogP contribution in [0.3, 0.4) is 0 Å². The molecule has 2 unspecified atom stereocenters. The molecular weight excluding hydrogens is 402 g/mol. The number of piperazine rings is 2. The Morgan fingerprint density at radius 3 is 2.47 bits per heavy atom. The van der Waals surface area contributed by atoms with Crippen LogP contribution in [0.1, 0.15) is 23.2 Å². The Morgan fingerprint density at radius 2 is 1.72 bits per heavy atom. The maximum Gasteiger partial charge on any atom is 0.215 e. The number of Topliss-reactive ketones (excluding diaryl/α,β-unsaturated/α-hetero) is 1. The molecule has 7 nitrogen and oxygen atoms in total. The molecule has 0 amide bonds. The van der Waals surface area contributed by atoms with Crippen LogP contribution in [-0.4, -0.2) is 91.6 Å². The molecule has 3 saturated heterocycles. The van der Waals surface area contributed by atoms with Gasteiger partial charge in [-0.3, -0.25) is 14.6 Å². The lowest BCUT2D eigenvalue weighted by Crippen LogP contribution is -2.52. The minimum Gasteiger partial charge on any atom is -0.476 e.